The van der Waals surface area contributed by atoms with E-state index in [1.165, 1.54) is 18.7 Å². The van der Waals surface area contributed by atoms with E-state index in [1.807, 2.05) is 9.80 Å². The molecule has 4 rings (SSSR count). The molecular formula is C18H20N4O3. The molecule has 1 atom stereocenters. The van der Waals surface area contributed by atoms with E-state index in [2.05, 4.69) is 9.97 Å². The monoisotopic (exact) mass is 340 g/mol. The molecule has 2 aliphatic rings. The summed E-state index contributed by atoms with van der Waals surface area (Å²) < 4.78 is 5.23. The van der Waals surface area contributed by atoms with Crippen LogP contribution < -0.4 is 0 Å². The number of rotatable bonds is 2. The van der Waals surface area contributed by atoms with Crippen molar-refractivity contribution in [2.45, 2.75) is 19.3 Å². The lowest BCUT2D eigenvalue weighted by atomic mass is 9.79. The maximum absolute atomic E-state index is 12.7. The lowest BCUT2D eigenvalue weighted by Crippen LogP contribution is -2.47. The zero-order valence-corrected chi connectivity index (χ0v) is 13.9. The molecule has 2 aromatic heterocycles. The van der Waals surface area contributed by atoms with E-state index in [-0.39, 0.29) is 17.2 Å². The summed E-state index contributed by atoms with van der Waals surface area (Å²) in [6.45, 7) is 2.75. The topological polar surface area (TPSA) is 79.5 Å². The molecular weight excluding hydrogens is 320 g/mol. The Morgan fingerprint density at radius 3 is 2.64 bits per heavy atom. The SMILES string of the molecule is O=C(c1cnccn1)N1CCC[C@]2(CCN(C(=O)c3ccco3)C2)C1. The molecule has 2 amide bonds. The fourth-order valence-corrected chi connectivity index (χ4v) is 3.95. The van der Waals surface area contributed by atoms with Crippen LogP contribution in [0, 0.1) is 5.41 Å². The summed E-state index contributed by atoms with van der Waals surface area (Å²) in [5.41, 5.74) is 0.347. The van der Waals surface area contributed by atoms with Gasteiger partial charge in [0.15, 0.2) is 5.76 Å². The van der Waals surface area contributed by atoms with Crippen molar-refractivity contribution in [1.29, 1.82) is 0 Å². The molecule has 1 spiro atoms. The van der Waals surface area contributed by atoms with Crippen molar-refractivity contribution in [1.82, 2.24) is 19.8 Å². The van der Waals surface area contributed by atoms with Crippen LogP contribution in [0.5, 0.6) is 0 Å². The molecule has 0 N–H and O–H groups in total. The van der Waals surface area contributed by atoms with Crippen LogP contribution >= 0.6 is 0 Å². The maximum atomic E-state index is 12.7. The molecule has 0 radical (unpaired) electrons. The van der Waals surface area contributed by atoms with Gasteiger partial charge in [-0.2, -0.15) is 0 Å². The van der Waals surface area contributed by atoms with Gasteiger partial charge in [-0.05, 0) is 31.4 Å². The van der Waals surface area contributed by atoms with E-state index in [0.29, 0.717) is 31.1 Å². The van der Waals surface area contributed by atoms with Gasteiger partial charge < -0.3 is 14.2 Å². The average Bonchev–Trinajstić information content (AvgIpc) is 3.32. The summed E-state index contributed by atoms with van der Waals surface area (Å²) in [5, 5.41) is 0. The van der Waals surface area contributed by atoms with Crippen LogP contribution in [0.1, 0.15) is 40.3 Å². The lowest BCUT2D eigenvalue weighted by molar-refractivity contribution is 0.0506. The highest BCUT2D eigenvalue weighted by Gasteiger charge is 2.44. The van der Waals surface area contributed by atoms with Crippen LogP contribution in [0.15, 0.2) is 41.4 Å². The molecule has 2 saturated heterocycles. The Hall–Kier alpha value is -2.70. The van der Waals surface area contributed by atoms with Crippen LogP contribution in [0.4, 0.5) is 0 Å². The predicted molar refractivity (Wildman–Crippen MR) is 88.8 cm³/mol. The third-order valence-electron chi connectivity index (χ3n) is 5.19. The number of furan rings is 1. The zero-order valence-electron chi connectivity index (χ0n) is 13.9. The number of amides is 2. The minimum absolute atomic E-state index is 0.0294. The van der Waals surface area contributed by atoms with Crippen molar-refractivity contribution >= 4 is 11.8 Å². The van der Waals surface area contributed by atoms with Gasteiger partial charge in [0, 0.05) is 44.0 Å². The second-order valence-electron chi connectivity index (χ2n) is 6.87. The highest BCUT2D eigenvalue weighted by molar-refractivity contribution is 5.92. The molecule has 0 bridgehead atoms. The van der Waals surface area contributed by atoms with Gasteiger partial charge in [-0.3, -0.25) is 14.6 Å². The zero-order chi connectivity index (χ0) is 17.3. The second-order valence-corrected chi connectivity index (χ2v) is 6.87. The number of nitrogens with zero attached hydrogens (tertiary/aromatic N) is 4. The third-order valence-corrected chi connectivity index (χ3v) is 5.19. The van der Waals surface area contributed by atoms with Crippen molar-refractivity contribution in [3.63, 3.8) is 0 Å². The first-order valence-electron chi connectivity index (χ1n) is 8.55. The Labute approximate surface area is 145 Å². The molecule has 2 aromatic rings. The summed E-state index contributed by atoms with van der Waals surface area (Å²) in [6, 6.07) is 3.42. The van der Waals surface area contributed by atoms with Gasteiger partial charge >= 0.3 is 0 Å². The summed E-state index contributed by atoms with van der Waals surface area (Å²) >= 11 is 0. The summed E-state index contributed by atoms with van der Waals surface area (Å²) in [7, 11) is 0. The highest BCUT2D eigenvalue weighted by Crippen LogP contribution is 2.39. The van der Waals surface area contributed by atoms with Crippen LogP contribution in [-0.4, -0.2) is 57.8 Å². The number of hydrogen-bond acceptors (Lipinski definition) is 5. The molecule has 0 aromatic carbocycles. The standard InChI is InChI=1S/C18H20N4O3/c23-16(14-11-19-6-7-20-14)21-8-2-4-18(12-21)5-9-22(13-18)17(24)15-3-1-10-25-15/h1,3,6-7,10-11H,2,4-5,8-9,12-13H2/t18-/m0/s1. The Balaban J connectivity index is 1.46. The first-order chi connectivity index (χ1) is 12.2. The van der Waals surface area contributed by atoms with Crippen LogP contribution in [-0.2, 0) is 0 Å². The average molecular weight is 340 g/mol. The Morgan fingerprint density at radius 1 is 1.08 bits per heavy atom. The first-order valence-corrected chi connectivity index (χ1v) is 8.55. The van der Waals surface area contributed by atoms with E-state index in [1.54, 1.807) is 18.3 Å². The van der Waals surface area contributed by atoms with E-state index in [9.17, 15) is 9.59 Å². The number of hydrogen-bond donors (Lipinski definition) is 0. The Morgan fingerprint density at radius 2 is 1.92 bits per heavy atom. The smallest absolute Gasteiger partial charge is 0.289 e. The van der Waals surface area contributed by atoms with Crippen molar-refractivity contribution in [3.8, 4) is 0 Å². The number of piperidine rings is 1. The molecule has 130 valence electrons. The van der Waals surface area contributed by atoms with Gasteiger partial charge in [0.2, 0.25) is 0 Å². The molecule has 2 aliphatic heterocycles. The minimum atomic E-state index is -0.0806. The molecule has 0 saturated carbocycles. The van der Waals surface area contributed by atoms with Crippen LogP contribution in [0.25, 0.3) is 0 Å². The maximum Gasteiger partial charge on any atom is 0.289 e. The van der Waals surface area contributed by atoms with Gasteiger partial charge in [0.1, 0.15) is 5.69 Å². The Bertz CT molecular complexity index is 762. The van der Waals surface area contributed by atoms with Gasteiger partial charge in [-0.1, -0.05) is 0 Å². The molecule has 0 unspecified atom stereocenters. The summed E-state index contributed by atoms with van der Waals surface area (Å²) in [4.78, 5) is 37.0. The predicted octanol–water partition coefficient (Wildman–Crippen LogP) is 1.84. The Kier molecular flexibility index (Phi) is 3.99. The van der Waals surface area contributed by atoms with E-state index in [0.717, 1.165) is 25.8 Å². The summed E-state index contributed by atoms with van der Waals surface area (Å²) in [6.07, 6.45) is 8.99. The van der Waals surface area contributed by atoms with Crippen molar-refractivity contribution in [2.24, 2.45) is 5.41 Å². The molecule has 2 fully saturated rings. The van der Waals surface area contributed by atoms with Crippen molar-refractivity contribution in [3.05, 3.63) is 48.4 Å². The number of likely N-dealkylation sites (tertiary alicyclic amines) is 2. The van der Waals surface area contributed by atoms with Crippen molar-refractivity contribution in [2.75, 3.05) is 26.2 Å². The van der Waals surface area contributed by atoms with Gasteiger partial charge in [-0.25, -0.2) is 4.98 Å². The normalized spacial score (nSPS) is 23.2. The van der Waals surface area contributed by atoms with Gasteiger partial charge in [-0.15, -0.1) is 0 Å². The number of aromatic nitrogens is 2. The molecule has 7 heteroatoms. The van der Waals surface area contributed by atoms with E-state index >= 15 is 0 Å². The highest BCUT2D eigenvalue weighted by atomic mass is 16.3. The first kappa shape index (κ1) is 15.8. The van der Waals surface area contributed by atoms with Gasteiger partial charge in [0.25, 0.3) is 11.8 Å². The third kappa shape index (κ3) is 3.01. The molecule has 25 heavy (non-hydrogen) atoms. The second kappa shape index (κ2) is 6.31. The van der Waals surface area contributed by atoms with E-state index < -0.39 is 0 Å². The molecule has 4 heterocycles. The fraction of sp³-hybridized carbons (Fsp3) is 0.444. The molecule has 7 nitrogen and oxygen atoms in total. The largest absolute Gasteiger partial charge is 0.459 e. The minimum Gasteiger partial charge on any atom is -0.459 e. The van der Waals surface area contributed by atoms with Crippen LogP contribution in [0.3, 0.4) is 0 Å². The van der Waals surface area contributed by atoms with E-state index in [4.69, 9.17) is 4.42 Å². The molecule has 0 aliphatic carbocycles. The lowest BCUT2D eigenvalue weighted by Gasteiger charge is -2.40. The quantitative estimate of drug-likeness (QED) is 0.833. The number of carbonyl (C=O) groups excluding carboxylic acids is 2. The number of carbonyl (C=O) groups is 2. The fourth-order valence-electron chi connectivity index (χ4n) is 3.95. The van der Waals surface area contributed by atoms with Crippen LogP contribution in [0.2, 0.25) is 0 Å². The van der Waals surface area contributed by atoms with Gasteiger partial charge in [0.05, 0.1) is 12.5 Å². The van der Waals surface area contributed by atoms with Crippen molar-refractivity contribution < 1.29 is 14.0 Å². The summed E-state index contributed by atoms with van der Waals surface area (Å²) in [5.74, 6) is 0.225.